The molecule has 0 bridgehead atoms. The van der Waals surface area contributed by atoms with Crippen molar-refractivity contribution in [1.82, 2.24) is 0 Å². The van der Waals surface area contributed by atoms with Crippen molar-refractivity contribution in [3.8, 4) is 0 Å². The van der Waals surface area contributed by atoms with Crippen LogP contribution in [0.25, 0.3) is 0 Å². The van der Waals surface area contributed by atoms with Crippen LogP contribution in [0.2, 0.25) is 0 Å². The molecule has 2 aliphatic rings. The molecule has 2 aliphatic carbocycles. The molecule has 3 nitrogen and oxygen atoms in total. The largest absolute Gasteiger partial charge is 0.430 e. The number of carbonyl (C=O) groups is 2. The van der Waals surface area contributed by atoms with Crippen molar-refractivity contribution in [3.05, 3.63) is 47.8 Å². The first-order valence-corrected chi connectivity index (χ1v) is 8.56. The molecule has 1 saturated carbocycles. The Bertz CT molecular complexity index is 642. The van der Waals surface area contributed by atoms with Gasteiger partial charge in [-0.1, -0.05) is 50.3 Å². The molecule has 0 aromatic rings. The van der Waals surface area contributed by atoms with E-state index in [9.17, 15) is 9.59 Å². The van der Waals surface area contributed by atoms with Gasteiger partial charge in [0.1, 0.15) is 11.5 Å². The Hall–Kier alpha value is -1.90. The molecular formula is C21H28O3. The van der Waals surface area contributed by atoms with Gasteiger partial charge in [0.15, 0.2) is 0 Å². The van der Waals surface area contributed by atoms with E-state index in [2.05, 4.69) is 26.5 Å². The second kappa shape index (κ2) is 6.92. The van der Waals surface area contributed by atoms with E-state index >= 15 is 0 Å². The Morgan fingerprint density at radius 1 is 1.38 bits per heavy atom. The summed E-state index contributed by atoms with van der Waals surface area (Å²) in [6, 6.07) is 0. The van der Waals surface area contributed by atoms with Crippen LogP contribution < -0.4 is 0 Å². The first kappa shape index (κ1) is 18.4. The average molecular weight is 328 g/mol. The van der Waals surface area contributed by atoms with E-state index < -0.39 is 0 Å². The molecule has 0 aromatic heterocycles. The molecule has 24 heavy (non-hydrogen) atoms. The molecule has 0 spiro atoms. The molecule has 2 rings (SSSR count). The Kier molecular flexibility index (Phi) is 5.32. The summed E-state index contributed by atoms with van der Waals surface area (Å²) in [7, 11) is 0. The van der Waals surface area contributed by atoms with E-state index in [4.69, 9.17) is 4.74 Å². The van der Waals surface area contributed by atoms with E-state index in [1.165, 1.54) is 5.57 Å². The molecule has 130 valence electrons. The standard InChI is InChI=1S/C21H28O3/c1-7-8-9-10-15-14(4)18(12-17(15)22)24-20(23)19-16(11-13(2)3)21(19,5)6/h7-9,11,15-16,19H,1,10,12H2,2-6H3. The van der Waals surface area contributed by atoms with Crippen molar-refractivity contribution >= 4 is 11.8 Å². The minimum atomic E-state index is -0.202. The molecule has 0 N–H and O–H groups in total. The van der Waals surface area contributed by atoms with Gasteiger partial charge in [-0.15, -0.1) is 0 Å². The number of hydrogen-bond donors (Lipinski definition) is 0. The summed E-state index contributed by atoms with van der Waals surface area (Å²) < 4.78 is 5.65. The number of esters is 1. The van der Waals surface area contributed by atoms with Gasteiger partial charge in [0, 0.05) is 5.92 Å². The van der Waals surface area contributed by atoms with E-state index in [0.717, 1.165) is 5.57 Å². The van der Waals surface area contributed by atoms with Gasteiger partial charge in [-0.3, -0.25) is 9.59 Å². The Morgan fingerprint density at radius 2 is 2.04 bits per heavy atom. The summed E-state index contributed by atoms with van der Waals surface area (Å²) >= 11 is 0. The number of hydrogen-bond acceptors (Lipinski definition) is 3. The fourth-order valence-electron chi connectivity index (χ4n) is 3.58. The number of ether oxygens (including phenoxy) is 1. The zero-order valence-corrected chi connectivity index (χ0v) is 15.4. The third kappa shape index (κ3) is 3.61. The van der Waals surface area contributed by atoms with Crippen LogP contribution in [0.1, 0.15) is 47.5 Å². The fraction of sp³-hybridized carbons (Fsp3) is 0.524. The lowest BCUT2D eigenvalue weighted by molar-refractivity contribution is -0.142. The molecule has 3 unspecified atom stereocenters. The molecule has 3 heteroatoms. The molecule has 0 amide bonds. The van der Waals surface area contributed by atoms with Crippen LogP contribution in [0.3, 0.4) is 0 Å². The van der Waals surface area contributed by atoms with Crippen molar-refractivity contribution < 1.29 is 14.3 Å². The van der Waals surface area contributed by atoms with Gasteiger partial charge in [-0.2, -0.15) is 0 Å². The first-order chi connectivity index (χ1) is 11.2. The highest BCUT2D eigenvalue weighted by molar-refractivity contribution is 5.90. The van der Waals surface area contributed by atoms with Crippen molar-refractivity contribution in [2.75, 3.05) is 0 Å². The van der Waals surface area contributed by atoms with E-state index in [0.29, 0.717) is 12.2 Å². The van der Waals surface area contributed by atoms with E-state index in [-0.39, 0.29) is 41.3 Å². The third-order valence-electron chi connectivity index (χ3n) is 5.23. The second-order valence-electron chi connectivity index (χ2n) is 7.69. The molecule has 0 radical (unpaired) electrons. The molecule has 0 saturated heterocycles. The highest BCUT2D eigenvalue weighted by Crippen LogP contribution is 2.60. The normalized spacial score (nSPS) is 28.2. The van der Waals surface area contributed by atoms with Crippen LogP contribution >= 0.6 is 0 Å². The monoisotopic (exact) mass is 328 g/mol. The lowest BCUT2D eigenvalue weighted by Gasteiger charge is -2.08. The number of carbonyl (C=O) groups excluding carboxylic acids is 2. The predicted octanol–water partition coefficient (Wildman–Crippen LogP) is 4.76. The first-order valence-electron chi connectivity index (χ1n) is 8.56. The Morgan fingerprint density at radius 3 is 2.62 bits per heavy atom. The lowest BCUT2D eigenvalue weighted by atomic mass is 9.97. The van der Waals surface area contributed by atoms with Crippen molar-refractivity contribution in [2.45, 2.75) is 47.5 Å². The van der Waals surface area contributed by atoms with Gasteiger partial charge >= 0.3 is 5.97 Å². The highest BCUT2D eigenvalue weighted by Gasteiger charge is 2.61. The maximum atomic E-state index is 12.6. The Labute approximate surface area is 145 Å². The van der Waals surface area contributed by atoms with Gasteiger partial charge in [-0.25, -0.2) is 0 Å². The summed E-state index contributed by atoms with van der Waals surface area (Å²) in [4.78, 5) is 24.8. The maximum absolute atomic E-state index is 12.6. The quantitative estimate of drug-likeness (QED) is 0.401. The summed E-state index contributed by atoms with van der Waals surface area (Å²) in [5.41, 5.74) is 2.03. The number of allylic oxidation sites excluding steroid dienone is 7. The lowest BCUT2D eigenvalue weighted by Crippen LogP contribution is -2.10. The van der Waals surface area contributed by atoms with Crippen LogP contribution in [0, 0.1) is 23.2 Å². The summed E-state index contributed by atoms with van der Waals surface area (Å²) in [5, 5.41) is 0. The van der Waals surface area contributed by atoms with Gasteiger partial charge < -0.3 is 4.74 Å². The summed E-state index contributed by atoms with van der Waals surface area (Å²) in [6.07, 6.45) is 8.46. The second-order valence-corrected chi connectivity index (χ2v) is 7.69. The van der Waals surface area contributed by atoms with Crippen LogP contribution in [0.4, 0.5) is 0 Å². The maximum Gasteiger partial charge on any atom is 0.315 e. The average Bonchev–Trinajstić information content (AvgIpc) is 2.90. The van der Waals surface area contributed by atoms with Crippen molar-refractivity contribution in [3.63, 3.8) is 0 Å². The Balaban J connectivity index is 2.07. The summed E-state index contributed by atoms with van der Waals surface area (Å²) in [5.74, 6) is 0.402. The van der Waals surface area contributed by atoms with Crippen molar-refractivity contribution in [2.24, 2.45) is 23.2 Å². The van der Waals surface area contributed by atoms with Crippen LogP contribution in [-0.4, -0.2) is 11.8 Å². The smallest absolute Gasteiger partial charge is 0.315 e. The fourth-order valence-corrected chi connectivity index (χ4v) is 3.58. The van der Waals surface area contributed by atoms with Crippen molar-refractivity contribution in [1.29, 1.82) is 0 Å². The van der Waals surface area contributed by atoms with Crippen LogP contribution in [-0.2, 0) is 14.3 Å². The molecule has 0 aromatic carbocycles. The third-order valence-corrected chi connectivity index (χ3v) is 5.23. The number of rotatable bonds is 6. The zero-order valence-electron chi connectivity index (χ0n) is 15.4. The molecule has 0 heterocycles. The van der Waals surface area contributed by atoms with Gasteiger partial charge in [-0.05, 0) is 44.1 Å². The summed E-state index contributed by atoms with van der Waals surface area (Å²) in [6.45, 7) is 13.8. The minimum Gasteiger partial charge on any atom is -0.430 e. The van der Waals surface area contributed by atoms with E-state index in [1.807, 2.05) is 32.9 Å². The van der Waals surface area contributed by atoms with Gasteiger partial charge in [0.05, 0.1) is 12.3 Å². The van der Waals surface area contributed by atoms with Gasteiger partial charge in [0.25, 0.3) is 0 Å². The zero-order chi connectivity index (χ0) is 18.1. The predicted molar refractivity (Wildman–Crippen MR) is 96.1 cm³/mol. The number of Topliss-reactive ketones (excluding diaryl/α,β-unsaturated/α-hetero) is 1. The molecule has 0 aliphatic heterocycles. The van der Waals surface area contributed by atoms with Crippen LogP contribution in [0.5, 0.6) is 0 Å². The molecule has 1 fully saturated rings. The van der Waals surface area contributed by atoms with Gasteiger partial charge in [0.2, 0.25) is 0 Å². The minimum absolute atomic E-state index is 0.0719. The molecular weight excluding hydrogens is 300 g/mol. The SMILES string of the molecule is C=CC=CCC1C(=O)CC(OC(=O)C2C(C=C(C)C)C2(C)C)=C1C. The topological polar surface area (TPSA) is 43.4 Å². The van der Waals surface area contributed by atoms with Crippen LogP contribution in [0.15, 0.2) is 47.8 Å². The molecule has 3 atom stereocenters. The highest BCUT2D eigenvalue weighted by atomic mass is 16.5. The number of ketones is 1. The van der Waals surface area contributed by atoms with E-state index in [1.54, 1.807) is 6.08 Å².